The number of nitrogens with two attached hydrogens (primary N) is 2. The SMILES string of the molecule is COc1cccc(N(C(=O)C(C(N)=O)c2ccc(C(=O)Nc3ccccc3N)cc2)c2ccccc2)c1. The average Bonchev–Trinajstić information content (AvgIpc) is 2.91. The van der Waals surface area contributed by atoms with Crippen LogP contribution in [0.4, 0.5) is 22.7 Å². The van der Waals surface area contributed by atoms with E-state index in [9.17, 15) is 14.4 Å². The van der Waals surface area contributed by atoms with E-state index in [-0.39, 0.29) is 5.91 Å². The fraction of sp³-hybridized carbons (Fsp3) is 0.0690. The zero-order chi connectivity index (χ0) is 26.4. The Morgan fingerprint density at radius 2 is 1.46 bits per heavy atom. The molecular weight excluding hydrogens is 468 g/mol. The first kappa shape index (κ1) is 25.0. The summed E-state index contributed by atoms with van der Waals surface area (Å²) in [6.07, 6.45) is 0. The summed E-state index contributed by atoms with van der Waals surface area (Å²) in [6.45, 7) is 0. The van der Waals surface area contributed by atoms with Crippen LogP contribution >= 0.6 is 0 Å². The van der Waals surface area contributed by atoms with E-state index in [0.29, 0.717) is 39.6 Å². The lowest BCUT2D eigenvalue weighted by Crippen LogP contribution is -2.38. The number of nitrogens with zero attached hydrogens (tertiary/aromatic N) is 1. The molecule has 0 heterocycles. The first-order chi connectivity index (χ1) is 17.9. The minimum Gasteiger partial charge on any atom is -0.497 e. The molecule has 186 valence electrons. The van der Waals surface area contributed by atoms with Gasteiger partial charge in [0.1, 0.15) is 11.7 Å². The number of nitrogens with one attached hydrogen (secondary N) is 1. The maximum absolute atomic E-state index is 13.9. The van der Waals surface area contributed by atoms with Crippen LogP contribution in [0.15, 0.2) is 103 Å². The van der Waals surface area contributed by atoms with E-state index in [4.69, 9.17) is 16.2 Å². The maximum Gasteiger partial charge on any atom is 0.255 e. The molecule has 0 aliphatic carbocycles. The molecule has 37 heavy (non-hydrogen) atoms. The number of methoxy groups -OCH3 is 1. The van der Waals surface area contributed by atoms with Gasteiger partial charge in [-0.3, -0.25) is 19.3 Å². The second kappa shape index (κ2) is 11.1. The summed E-state index contributed by atoms with van der Waals surface area (Å²) in [5, 5.41) is 2.75. The minimum atomic E-state index is -1.30. The smallest absolute Gasteiger partial charge is 0.255 e. The summed E-state index contributed by atoms with van der Waals surface area (Å²) in [7, 11) is 1.53. The van der Waals surface area contributed by atoms with Gasteiger partial charge in [-0.05, 0) is 54.1 Å². The highest BCUT2D eigenvalue weighted by Gasteiger charge is 2.33. The van der Waals surface area contributed by atoms with Crippen molar-refractivity contribution in [3.8, 4) is 5.75 Å². The van der Waals surface area contributed by atoms with Crippen molar-refractivity contribution in [1.29, 1.82) is 0 Å². The summed E-state index contributed by atoms with van der Waals surface area (Å²) in [5.41, 5.74) is 14.3. The molecule has 0 aliphatic rings. The molecule has 3 amide bonds. The summed E-state index contributed by atoms with van der Waals surface area (Å²) in [5.74, 6) is -2.48. The number of amides is 3. The van der Waals surface area contributed by atoms with Gasteiger partial charge in [-0.25, -0.2) is 0 Å². The average molecular weight is 495 g/mol. The lowest BCUT2D eigenvalue weighted by atomic mass is 9.95. The van der Waals surface area contributed by atoms with Gasteiger partial charge in [0.05, 0.1) is 24.2 Å². The van der Waals surface area contributed by atoms with Crippen LogP contribution in [0.1, 0.15) is 21.8 Å². The van der Waals surface area contributed by atoms with Crippen molar-refractivity contribution >= 4 is 40.5 Å². The highest BCUT2D eigenvalue weighted by atomic mass is 16.5. The molecule has 0 radical (unpaired) electrons. The van der Waals surface area contributed by atoms with E-state index in [1.807, 2.05) is 6.07 Å². The number of hydrogen-bond acceptors (Lipinski definition) is 5. The fourth-order valence-corrected chi connectivity index (χ4v) is 3.92. The molecule has 4 aromatic rings. The molecule has 0 fully saturated rings. The van der Waals surface area contributed by atoms with Gasteiger partial charge in [-0.15, -0.1) is 0 Å². The van der Waals surface area contributed by atoms with Crippen LogP contribution in [0.5, 0.6) is 5.75 Å². The van der Waals surface area contributed by atoms with Crippen molar-refractivity contribution in [2.45, 2.75) is 5.92 Å². The minimum absolute atomic E-state index is 0.329. The summed E-state index contributed by atoms with van der Waals surface area (Å²) >= 11 is 0. The predicted octanol–water partition coefficient (Wildman–Crippen LogP) is 4.46. The van der Waals surface area contributed by atoms with E-state index in [0.717, 1.165) is 0 Å². The number of para-hydroxylation sites is 3. The Balaban J connectivity index is 1.66. The second-order valence-corrected chi connectivity index (χ2v) is 8.21. The Bertz CT molecular complexity index is 1420. The normalized spacial score (nSPS) is 11.3. The number of ether oxygens (including phenoxy) is 1. The van der Waals surface area contributed by atoms with Gasteiger partial charge >= 0.3 is 0 Å². The van der Waals surface area contributed by atoms with Crippen molar-refractivity contribution in [1.82, 2.24) is 0 Å². The van der Waals surface area contributed by atoms with Crippen molar-refractivity contribution in [3.63, 3.8) is 0 Å². The lowest BCUT2D eigenvalue weighted by Gasteiger charge is -2.27. The monoisotopic (exact) mass is 494 g/mol. The molecule has 0 aromatic heterocycles. The Morgan fingerprint density at radius 3 is 2.11 bits per heavy atom. The van der Waals surface area contributed by atoms with Gasteiger partial charge in [0.2, 0.25) is 11.8 Å². The van der Waals surface area contributed by atoms with Crippen molar-refractivity contribution in [2.75, 3.05) is 23.1 Å². The van der Waals surface area contributed by atoms with Gasteiger partial charge in [0.25, 0.3) is 5.91 Å². The van der Waals surface area contributed by atoms with Gasteiger partial charge in [0, 0.05) is 17.3 Å². The Labute approximate surface area is 214 Å². The molecule has 0 aliphatic heterocycles. The molecular formula is C29H26N4O4. The summed E-state index contributed by atoms with van der Waals surface area (Å²) in [4.78, 5) is 40.6. The van der Waals surface area contributed by atoms with E-state index in [2.05, 4.69) is 5.32 Å². The number of hydrogen-bond donors (Lipinski definition) is 3. The lowest BCUT2D eigenvalue weighted by molar-refractivity contribution is -0.128. The van der Waals surface area contributed by atoms with Crippen molar-refractivity contribution in [3.05, 3.63) is 114 Å². The summed E-state index contributed by atoms with van der Waals surface area (Å²) in [6, 6.07) is 29.0. The van der Waals surface area contributed by atoms with Crippen LogP contribution in [0.3, 0.4) is 0 Å². The molecule has 0 saturated heterocycles. The number of carbonyl (C=O) groups excluding carboxylic acids is 3. The van der Waals surface area contributed by atoms with Gasteiger partial charge in [-0.1, -0.05) is 48.5 Å². The number of benzene rings is 4. The molecule has 8 nitrogen and oxygen atoms in total. The summed E-state index contributed by atoms with van der Waals surface area (Å²) < 4.78 is 5.32. The highest BCUT2D eigenvalue weighted by molar-refractivity contribution is 6.15. The molecule has 4 rings (SSSR count). The standard InChI is InChI=1S/C29H26N4O4/c1-37-23-11-7-10-22(18-23)33(21-8-3-2-4-9-21)29(36)26(27(31)34)19-14-16-20(17-15-19)28(35)32-25-13-6-5-12-24(25)30/h2-18,26H,30H2,1H3,(H2,31,34)(H,32,35). The van der Waals surface area contributed by atoms with Crippen LogP contribution in [-0.2, 0) is 9.59 Å². The fourth-order valence-electron chi connectivity index (χ4n) is 3.92. The molecule has 0 saturated carbocycles. The number of carbonyl (C=O) groups is 3. The zero-order valence-electron chi connectivity index (χ0n) is 20.1. The van der Waals surface area contributed by atoms with E-state index in [1.165, 1.54) is 24.1 Å². The Morgan fingerprint density at radius 1 is 0.811 bits per heavy atom. The molecule has 0 bridgehead atoms. The number of nitrogen functional groups attached to an aromatic ring is 1. The highest BCUT2D eigenvalue weighted by Crippen LogP contribution is 2.32. The molecule has 4 aromatic carbocycles. The second-order valence-electron chi connectivity index (χ2n) is 8.21. The number of anilines is 4. The third kappa shape index (κ3) is 5.59. The van der Waals surface area contributed by atoms with E-state index in [1.54, 1.807) is 84.9 Å². The molecule has 5 N–H and O–H groups in total. The van der Waals surface area contributed by atoms with E-state index < -0.39 is 17.7 Å². The Hall–Kier alpha value is -5.11. The maximum atomic E-state index is 13.9. The van der Waals surface area contributed by atoms with Crippen LogP contribution in [-0.4, -0.2) is 24.8 Å². The predicted molar refractivity (Wildman–Crippen MR) is 144 cm³/mol. The number of primary amides is 1. The quantitative estimate of drug-likeness (QED) is 0.246. The number of rotatable bonds is 8. The van der Waals surface area contributed by atoms with Crippen LogP contribution < -0.4 is 26.4 Å². The van der Waals surface area contributed by atoms with Crippen molar-refractivity contribution in [2.24, 2.45) is 5.73 Å². The van der Waals surface area contributed by atoms with Crippen LogP contribution in [0.25, 0.3) is 0 Å². The third-order valence-electron chi connectivity index (χ3n) is 5.79. The van der Waals surface area contributed by atoms with Crippen molar-refractivity contribution < 1.29 is 19.1 Å². The van der Waals surface area contributed by atoms with Gasteiger partial charge in [-0.2, -0.15) is 0 Å². The Kier molecular flexibility index (Phi) is 7.49. The largest absolute Gasteiger partial charge is 0.497 e. The molecule has 1 unspecified atom stereocenters. The van der Waals surface area contributed by atoms with Gasteiger partial charge in [0.15, 0.2) is 0 Å². The molecule has 1 atom stereocenters. The topological polar surface area (TPSA) is 128 Å². The van der Waals surface area contributed by atoms with Crippen LogP contribution in [0.2, 0.25) is 0 Å². The first-order valence-electron chi connectivity index (χ1n) is 11.5. The first-order valence-corrected chi connectivity index (χ1v) is 11.5. The molecule has 0 spiro atoms. The van der Waals surface area contributed by atoms with E-state index >= 15 is 0 Å². The van der Waals surface area contributed by atoms with Crippen LogP contribution in [0, 0.1) is 0 Å². The van der Waals surface area contributed by atoms with Gasteiger partial charge < -0.3 is 21.5 Å². The zero-order valence-corrected chi connectivity index (χ0v) is 20.1. The molecule has 8 heteroatoms. The third-order valence-corrected chi connectivity index (χ3v) is 5.79.